The minimum absolute atomic E-state index is 0.267. The third-order valence-corrected chi connectivity index (χ3v) is 4.35. The van der Waals surface area contributed by atoms with Crippen molar-refractivity contribution in [3.8, 4) is 0 Å². The fourth-order valence-electron chi connectivity index (χ4n) is 1.99. The molecule has 3 nitrogen and oxygen atoms in total. The molecular weight excluding hydrogens is 354 g/mol. The van der Waals surface area contributed by atoms with E-state index >= 15 is 0 Å². The Kier molecular flexibility index (Phi) is 5.65. The molecule has 0 aromatic heterocycles. The van der Waals surface area contributed by atoms with Crippen molar-refractivity contribution in [2.75, 3.05) is 19.0 Å². The van der Waals surface area contributed by atoms with E-state index in [1.165, 1.54) is 7.11 Å². The SMILES string of the molecule is COC(=O)C(CNc1ccc(Br)c(Cl)c1)c1ccccc1. The lowest BCUT2D eigenvalue weighted by Gasteiger charge is -2.17. The Labute approximate surface area is 137 Å². The summed E-state index contributed by atoms with van der Waals surface area (Å²) in [5, 5.41) is 3.84. The van der Waals surface area contributed by atoms with E-state index in [1.807, 2.05) is 48.5 Å². The van der Waals surface area contributed by atoms with Gasteiger partial charge in [0.25, 0.3) is 0 Å². The second-order valence-electron chi connectivity index (χ2n) is 4.50. The number of carbonyl (C=O) groups excluding carboxylic acids is 1. The minimum atomic E-state index is -0.362. The molecule has 2 aromatic carbocycles. The number of hydrogen-bond donors (Lipinski definition) is 1. The van der Waals surface area contributed by atoms with Gasteiger partial charge in [-0.25, -0.2) is 0 Å². The van der Waals surface area contributed by atoms with E-state index in [1.54, 1.807) is 0 Å². The normalized spacial score (nSPS) is 11.8. The largest absolute Gasteiger partial charge is 0.468 e. The van der Waals surface area contributed by atoms with Gasteiger partial charge in [0, 0.05) is 16.7 Å². The number of methoxy groups -OCH3 is 1. The number of benzene rings is 2. The smallest absolute Gasteiger partial charge is 0.314 e. The number of rotatable bonds is 5. The lowest BCUT2D eigenvalue weighted by atomic mass is 9.99. The molecule has 0 aliphatic rings. The number of esters is 1. The summed E-state index contributed by atoms with van der Waals surface area (Å²) in [7, 11) is 1.40. The number of halogens is 2. The first kappa shape index (κ1) is 15.9. The molecule has 0 saturated carbocycles. The van der Waals surface area contributed by atoms with Gasteiger partial charge in [-0.1, -0.05) is 41.9 Å². The van der Waals surface area contributed by atoms with Crippen LogP contribution in [0.3, 0.4) is 0 Å². The zero-order chi connectivity index (χ0) is 15.2. The Morgan fingerprint density at radius 3 is 2.62 bits per heavy atom. The van der Waals surface area contributed by atoms with Crippen LogP contribution in [0, 0.1) is 0 Å². The fraction of sp³-hybridized carbons (Fsp3) is 0.188. The van der Waals surface area contributed by atoms with Gasteiger partial charge in [-0.3, -0.25) is 4.79 Å². The van der Waals surface area contributed by atoms with Crippen LogP contribution in [0.25, 0.3) is 0 Å². The van der Waals surface area contributed by atoms with Crippen LogP contribution in [-0.2, 0) is 9.53 Å². The maximum absolute atomic E-state index is 12.0. The molecule has 1 unspecified atom stereocenters. The monoisotopic (exact) mass is 367 g/mol. The van der Waals surface area contributed by atoms with Gasteiger partial charge in [-0.05, 0) is 39.7 Å². The molecule has 1 N–H and O–H groups in total. The van der Waals surface area contributed by atoms with Gasteiger partial charge in [0.15, 0.2) is 0 Å². The van der Waals surface area contributed by atoms with Crippen LogP contribution in [0.2, 0.25) is 5.02 Å². The van der Waals surface area contributed by atoms with Gasteiger partial charge >= 0.3 is 5.97 Å². The molecule has 0 fully saturated rings. The summed E-state index contributed by atoms with van der Waals surface area (Å²) in [6.45, 7) is 0.439. The van der Waals surface area contributed by atoms with Crippen LogP contribution < -0.4 is 5.32 Å². The lowest BCUT2D eigenvalue weighted by Crippen LogP contribution is -2.22. The summed E-state index contributed by atoms with van der Waals surface area (Å²) < 4.78 is 5.72. The molecule has 0 spiro atoms. The van der Waals surface area contributed by atoms with Crippen molar-refractivity contribution in [3.05, 3.63) is 63.6 Å². The molecule has 0 heterocycles. The van der Waals surface area contributed by atoms with Crippen molar-refractivity contribution in [3.63, 3.8) is 0 Å². The summed E-state index contributed by atoms with van der Waals surface area (Å²) in [6.07, 6.45) is 0. The zero-order valence-electron chi connectivity index (χ0n) is 11.5. The summed E-state index contributed by atoms with van der Waals surface area (Å²) >= 11 is 9.40. The molecule has 0 aliphatic carbocycles. The average molecular weight is 369 g/mol. The van der Waals surface area contributed by atoms with E-state index in [2.05, 4.69) is 21.2 Å². The third-order valence-electron chi connectivity index (χ3n) is 3.12. The first-order valence-corrected chi connectivity index (χ1v) is 7.60. The number of carbonyl (C=O) groups is 1. The fourth-order valence-corrected chi connectivity index (χ4v) is 2.42. The van der Waals surface area contributed by atoms with Gasteiger partial charge in [0.2, 0.25) is 0 Å². The molecule has 21 heavy (non-hydrogen) atoms. The van der Waals surface area contributed by atoms with Gasteiger partial charge in [0.05, 0.1) is 18.1 Å². The van der Waals surface area contributed by atoms with E-state index in [-0.39, 0.29) is 11.9 Å². The first-order chi connectivity index (χ1) is 10.1. The highest BCUT2D eigenvalue weighted by molar-refractivity contribution is 9.10. The van der Waals surface area contributed by atoms with E-state index in [9.17, 15) is 4.79 Å². The predicted octanol–water partition coefficient (Wildman–Crippen LogP) is 4.47. The van der Waals surface area contributed by atoms with Crippen molar-refractivity contribution in [2.24, 2.45) is 0 Å². The molecule has 5 heteroatoms. The van der Waals surface area contributed by atoms with E-state index in [4.69, 9.17) is 16.3 Å². The summed E-state index contributed by atoms with van der Waals surface area (Å²) in [4.78, 5) is 12.0. The van der Waals surface area contributed by atoms with Gasteiger partial charge in [-0.15, -0.1) is 0 Å². The number of nitrogens with one attached hydrogen (secondary N) is 1. The Balaban J connectivity index is 2.12. The van der Waals surface area contributed by atoms with Crippen molar-refractivity contribution >= 4 is 39.2 Å². The Hall–Kier alpha value is -1.52. The van der Waals surface area contributed by atoms with Crippen molar-refractivity contribution in [1.82, 2.24) is 0 Å². The molecule has 0 amide bonds. The standard InChI is InChI=1S/C16H15BrClNO2/c1-21-16(20)13(11-5-3-2-4-6-11)10-19-12-7-8-14(17)15(18)9-12/h2-9,13,19H,10H2,1H3. The van der Waals surface area contributed by atoms with E-state index < -0.39 is 0 Å². The quantitative estimate of drug-likeness (QED) is 0.791. The molecular formula is C16H15BrClNO2. The van der Waals surface area contributed by atoms with Crippen LogP contribution in [0.1, 0.15) is 11.5 Å². The van der Waals surface area contributed by atoms with Gasteiger partial charge in [-0.2, -0.15) is 0 Å². The second kappa shape index (κ2) is 7.48. The van der Waals surface area contributed by atoms with Gasteiger partial charge < -0.3 is 10.1 Å². The maximum atomic E-state index is 12.0. The highest BCUT2D eigenvalue weighted by atomic mass is 79.9. The minimum Gasteiger partial charge on any atom is -0.468 e. The Morgan fingerprint density at radius 1 is 1.29 bits per heavy atom. The summed E-state index contributed by atoms with van der Waals surface area (Å²) in [5.41, 5.74) is 1.77. The number of ether oxygens (including phenoxy) is 1. The molecule has 110 valence electrons. The number of hydrogen-bond acceptors (Lipinski definition) is 3. The Bertz CT molecular complexity index is 619. The first-order valence-electron chi connectivity index (χ1n) is 6.43. The van der Waals surface area contributed by atoms with Crippen molar-refractivity contribution < 1.29 is 9.53 Å². The summed E-state index contributed by atoms with van der Waals surface area (Å²) in [5.74, 6) is -0.629. The maximum Gasteiger partial charge on any atom is 0.314 e. The van der Waals surface area contributed by atoms with E-state index in [0.717, 1.165) is 15.7 Å². The molecule has 2 aromatic rings. The third kappa shape index (κ3) is 4.22. The van der Waals surface area contributed by atoms with Crippen molar-refractivity contribution in [1.29, 1.82) is 0 Å². The Morgan fingerprint density at radius 2 is 2.00 bits per heavy atom. The van der Waals surface area contributed by atoms with Crippen LogP contribution in [-0.4, -0.2) is 19.6 Å². The van der Waals surface area contributed by atoms with Gasteiger partial charge in [0.1, 0.15) is 0 Å². The highest BCUT2D eigenvalue weighted by Gasteiger charge is 2.21. The van der Waals surface area contributed by atoms with Crippen LogP contribution in [0.4, 0.5) is 5.69 Å². The lowest BCUT2D eigenvalue weighted by molar-refractivity contribution is -0.142. The second-order valence-corrected chi connectivity index (χ2v) is 5.76. The molecule has 0 aliphatic heterocycles. The van der Waals surface area contributed by atoms with Crippen LogP contribution >= 0.6 is 27.5 Å². The van der Waals surface area contributed by atoms with Crippen LogP contribution in [0.15, 0.2) is 53.0 Å². The summed E-state index contributed by atoms with van der Waals surface area (Å²) in [6, 6.07) is 15.1. The molecule has 0 radical (unpaired) electrons. The molecule has 0 saturated heterocycles. The molecule has 2 rings (SSSR count). The highest BCUT2D eigenvalue weighted by Crippen LogP contribution is 2.26. The molecule has 0 bridgehead atoms. The van der Waals surface area contributed by atoms with Crippen LogP contribution in [0.5, 0.6) is 0 Å². The number of anilines is 1. The average Bonchev–Trinajstić information content (AvgIpc) is 2.51. The predicted molar refractivity (Wildman–Crippen MR) is 88.8 cm³/mol. The topological polar surface area (TPSA) is 38.3 Å². The van der Waals surface area contributed by atoms with Crippen molar-refractivity contribution in [2.45, 2.75) is 5.92 Å². The van der Waals surface area contributed by atoms with E-state index in [0.29, 0.717) is 11.6 Å². The molecule has 1 atom stereocenters. The zero-order valence-corrected chi connectivity index (χ0v) is 13.8.